The molecule has 1 amide bonds. The molecule has 1 aliphatic rings. The van der Waals surface area contributed by atoms with E-state index in [1.54, 1.807) is 0 Å². The quantitative estimate of drug-likeness (QED) is 0.815. The van der Waals surface area contributed by atoms with E-state index in [4.69, 9.17) is 4.74 Å². The highest BCUT2D eigenvalue weighted by atomic mass is 16.6. The maximum atomic E-state index is 11.8. The Kier molecular flexibility index (Phi) is 3.74. The Balaban J connectivity index is 2.19. The average molecular weight is 288 g/mol. The van der Waals surface area contributed by atoms with Gasteiger partial charge in [0.05, 0.1) is 5.54 Å². The molecule has 0 saturated heterocycles. The van der Waals surface area contributed by atoms with Crippen LogP contribution in [0.1, 0.15) is 47.1 Å². The van der Waals surface area contributed by atoms with Crippen molar-refractivity contribution in [2.24, 2.45) is 0 Å². The Morgan fingerprint density at radius 2 is 1.95 bits per heavy atom. The predicted octanol–water partition coefficient (Wildman–Crippen LogP) is 4.18. The molecule has 4 heteroatoms. The highest BCUT2D eigenvalue weighted by molar-refractivity contribution is 5.81. The van der Waals surface area contributed by atoms with Gasteiger partial charge in [0.15, 0.2) is 0 Å². The molecule has 0 aliphatic carbocycles. The molecule has 0 fully saturated rings. The summed E-state index contributed by atoms with van der Waals surface area (Å²) in [5.74, 6) is 0.546. The van der Waals surface area contributed by atoms with Crippen molar-refractivity contribution in [1.29, 1.82) is 0 Å². The number of amides is 1. The third kappa shape index (κ3) is 4.00. The number of anilines is 1. The van der Waals surface area contributed by atoms with E-state index in [0.717, 1.165) is 11.3 Å². The topological polar surface area (TPSA) is 50.4 Å². The first-order chi connectivity index (χ1) is 9.56. The molecule has 114 valence electrons. The second-order valence-corrected chi connectivity index (χ2v) is 7.15. The van der Waals surface area contributed by atoms with Crippen molar-refractivity contribution in [1.82, 2.24) is 5.32 Å². The number of hydrogen-bond donors (Lipinski definition) is 2. The highest BCUT2D eigenvalue weighted by Crippen LogP contribution is 2.35. The fourth-order valence-electron chi connectivity index (χ4n) is 2.46. The molecule has 0 spiro atoms. The fraction of sp³-hybridized carbons (Fsp3) is 0.471. The first-order valence-electron chi connectivity index (χ1n) is 7.18. The van der Waals surface area contributed by atoms with Crippen LogP contribution >= 0.6 is 0 Å². The Hall–Kier alpha value is -1.97. The van der Waals surface area contributed by atoms with Crippen molar-refractivity contribution < 1.29 is 9.53 Å². The van der Waals surface area contributed by atoms with Crippen LogP contribution in [0, 0.1) is 0 Å². The summed E-state index contributed by atoms with van der Waals surface area (Å²) < 4.78 is 5.35. The van der Waals surface area contributed by atoms with Gasteiger partial charge in [-0.1, -0.05) is 6.08 Å². The first kappa shape index (κ1) is 15.4. The van der Waals surface area contributed by atoms with Crippen molar-refractivity contribution in [2.45, 2.75) is 52.6 Å². The van der Waals surface area contributed by atoms with Crippen molar-refractivity contribution in [3.05, 3.63) is 29.8 Å². The summed E-state index contributed by atoms with van der Waals surface area (Å²) in [5, 5.41) is 6.23. The van der Waals surface area contributed by atoms with Gasteiger partial charge in [-0.25, -0.2) is 4.79 Å². The normalized spacial score (nSPS) is 16.4. The minimum atomic E-state index is -0.437. The molecule has 0 atom stereocenters. The number of allylic oxidation sites excluding steroid dienone is 1. The van der Waals surface area contributed by atoms with E-state index < -0.39 is 6.09 Å². The summed E-state index contributed by atoms with van der Waals surface area (Å²) >= 11 is 0. The Labute approximate surface area is 126 Å². The fourth-order valence-corrected chi connectivity index (χ4v) is 2.46. The molecule has 0 bridgehead atoms. The van der Waals surface area contributed by atoms with E-state index in [0.29, 0.717) is 5.75 Å². The molecule has 0 unspecified atom stereocenters. The number of rotatable bonds is 1. The smallest absolute Gasteiger partial charge is 0.410 e. The zero-order chi connectivity index (χ0) is 15.8. The van der Waals surface area contributed by atoms with Crippen molar-refractivity contribution in [2.75, 3.05) is 5.32 Å². The predicted molar refractivity (Wildman–Crippen MR) is 86.7 cm³/mol. The van der Waals surface area contributed by atoms with Gasteiger partial charge in [0, 0.05) is 16.8 Å². The molecule has 2 rings (SSSR count). The van der Waals surface area contributed by atoms with Gasteiger partial charge >= 0.3 is 6.09 Å². The van der Waals surface area contributed by atoms with Crippen LogP contribution in [-0.4, -0.2) is 17.2 Å². The van der Waals surface area contributed by atoms with Crippen LogP contribution in [0.2, 0.25) is 0 Å². The number of carbonyl (C=O) groups is 1. The number of ether oxygens (including phenoxy) is 1. The molecule has 0 aromatic heterocycles. The Morgan fingerprint density at radius 3 is 2.57 bits per heavy atom. The maximum Gasteiger partial charge on any atom is 0.413 e. The van der Waals surface area contributed by atoms with Gasteiger partial charge in [-0.3, -0.25) is 0 Å². The van der Waals surface area contributed by atoms with Crippen LogP contribution in [0.5, 0.6) is 5.75 Å². The molecule has 1 aromatic carbocycles. The minimum absolute atomic E-state index is 0.0664. The van der Waals surface area contributed by atoms with Crippen LogP contribution in [0.4, 0.5) is 10.5 Å². The minimum Gasteiger partial charge on any atom is -0.410 e. The molecular weight excluding hydrogens is 264 g/mol. The second kappa shape index (κ2) is 5.10. The lowest BCUT2D eigenvalue weighted by molar-refractivity contribution is 0.190. The molecular formula is C17H24N2O2. The van der Waals surface area contributed by atoms with Gasteiger partial charge in [-0.2, -0.15) is 0 Å². The maximum absolute atomic E-state index is 11.8. The SMILES string of the molecule is CC1=CC(C)(C)Nc2ccc(OC(=O)NC(C)(C)C)cc21. The van der Waals surface area contributed by atoms with Crippen molar-refractivity contribution in [3.8, 4) is 5.75 Å². The highest BCUT2D eigenvalue weighted by Gasteiger charge is 2.23. The summed E-state index contributed by atoms with van der Waals surface area (Å²) in [6, 6.07) is 5.65. The standard InChI is InChI=1S/C17H24N2O2/c1-11-10-17(5,6)18-14-8-7-12(9-13(11)14)21-15(20)19-16(2,3)4/h7-10,18H,1-6H3,(H,19,20). The lowest BCUT2D eigenvalue weighted by Crippen LogP contribution is -2.42. The summed E-state index contributed by atoms with van der Waals surface area (Å²) in [5.41, 5.74) is 2.92. The molecule has 0 radical (unpaired) electrons. The van der Waals surface area contributed by atoms with Gasteiger partial charge in [0.1, 0.15) is 5.75 Å². The summed E-state index contributed by atoms with van der Waals surface area (Å²) in [4.78, 5) is 11.8. The first-order valence-corrected chi connectivity index (χ1v) is 7.18. The lowest BCUT2D eigenvalue weighted by Gasteiger charge is -2.31. The second-order valence-electron chi connectivity index (χ2n) is 7.15. The summed E-state index contributed by atoms with van der Waals surface area (Å²) in [7, 11) is 0. The molecule has 1 heterocycles. The molecule has 2 N–H and O–H groups in total. The van der Waals surface area contributed by atoms with E-state index in [9.17, 15) is 4.79 Å². The van der Waals surface area contributed by atoms with Gasteiger partial charge < -0.3 is 15.4 Å². The van der Waals surface area contributed by atoms with Crippen molar-refractivity contribution in [3.63, 3.8) is 0 Å². The third-order valence-electron chi connectivity index (χ3n) is 3.14. The van der Waals surface area contributed by atoms with Crippen LogP contribution in [0.15, 0.2) is 24.3 Å². The molecule has 1 aromatic rings. The number of fused-ring (bicyclic) bond motifs is 1. The number of benzene rings is 1. The molecule has 21 heavy (non-hydrogen) atoms. The van der Waals surface area contributed by atoms with Gasteiger partial charge in [0.2, 0.25) is 0 Å². The van der Waals surface area contributed by atoms with E-state index in [-0.39, 0.29) is 11.1 Å². The Bertz CT molecular complexity index is 595. The molecule has 1 aliphatic heterocycles. The van der Waals surface area contributed by atoms with Gasteiger partial charge in [0.25, 0.3) is 0 Å². The van der Waals surface area contributed by atoms with Gasteiger partial charge in [-0.05, 0) is 65.3 Å². The largest absolute Gasteiger partial charge is 0.413 e. The average Bonchev–Trinajstić information content (AvgIpc) is 2.26. The van der Waals surface area contributed by atoms with Crippen LogP contribution in [0.25, 0.3) is 5.57 Å². The van der Waals surface area contributed by atoms with E-state index in [2.05, 4.69) is 37.5 Å². The van der Waals surface area contributed by atoms with Crippen LogP contribution in [-0.2, 0) is 0 Å². The van der Waals surface area contributed by atoms with Gasteiger partial charge in [-0.15, -0.1) is 0 Å². The van der Waals surface area contributed by atoms with E-state index in [1.807, 2.05) is 39.0 Å². The van der Waals surface area contributed by atoms with Crippen molar-refractivity contribution >= 4 is 17.4 Å². The van der Waals surface area contributed by atoms with E-state index >= 15 is 0 Å². The Morgan fingerprint density at radius 1 is 1.29 bits per heavy atom. The monoisotopic (exact) mass is 288 g/mol. The number of hydrogen-bond acceptors (Lipinski definition) is 3. The third-order valence-corrected chi connectivity index (χ3v) is 3.14. The van der Waals surface area contributed by atoms with E-state index in [1.165, 1.54) is 5.57 Å². The number of carbonyl (C=O) groups excluding carboxylic acids is 1. The number of nitrogens with one attached hydrogen (secondary N) is 2. The van der Waals surface area contributed by atoms with Crippen LogP contribution in [0.3, 0.4) is 0 Å². The van der Waals surface area contributed by atoms with Crippen LogP contribution < -0.4 is 15.4 Å². The zero-order valence-corrected chi connectivity index (χ0v) is 13.6. The summed E-state index contributed by atoms with van der Waals surface area (Å²) in [6.45, 7) is 12.1. The zero-order valence-electron chi connectivity index (χ0n) is 13.6. The molecule has 4 nitrogen and oxygen atoms in total. The molecule has 0 saturated carbocycles. The summed E-state index contributed by atoms with van der Waals surface area (Å²) in [6.07, 6.45) is 1.74. The lowest BCUT2D eigenvalue weighted by atomic mass is 9.91.